The zero-order valence-corrected chi connectivity index (χ0v) is 6.85. The highest BCUT2D eigenvalue weighted by Gasteiger charge is 2.10. The fourth-order valence-electron chi connectivity index (χ4n) is 0.664. The second-order valence-electron chi connectivity index (χ2n) is 2.00. The van der Waals surface area contributed by atoms with E-state index in [1.165, 1.54) is 0 Å². The maximum absolute atomic E-state index is 12.7. The van der Waals surface area contributed by atoms with Crippen LogP contribution in [-0.4, -0.2) is 6.16 Å². The minimum atomic E-state index is -1.29. The molecule has 6 heteroatoms. The smallest absolute Gasteiger partial charge is 0.391 e. The van der Waals surface area contributed by atoms with Gasteiger partial charge in [0.25, 0.3) is 0 Å². The predicted octanol–water partition coefficient (Wildman–Crippen LogP) is 2.63. The van der Waals surface area contributed by atoms with Gasteiger partial charge in [-0.2, -0.15) is 0 Å². The van der Waals surface area contributed by atoms with E-state index in [1.807, 2.05) is 0 Å². The summed E-state index contributed by atoms with van der Waals surface area (Å²) in [4.78, 5) is 10.4. The van der Waals surface area contributed by atoms with Crippen LogP contribution in [0.2, 0.25) is 0 Å². The molecule has 1 rings (SSSR count). The largest absolute Gasteiger partial charge is 0.532 e. The van der Waals surface area contributed by atoms with Crippen molar-refractivity contribution in [3.63, 3.8) is 0 Å². The number of carbonyl (C=O) groups is 1. The first-order valence-corrected chi connectivity index (χ1v) is 3.40. The Morgan fingerprint density at radius 2 is 2.08 bits per heavy atom. The molecule has 0 spiro atoms. The first-order chi connectivity index (χ1) is 6.13. The van der Waals surface area contributed by atoms with Crippen molar-refractivity contribution >= 4 is 18.0 Å². The molecule has 0 heterocycles. The number of carbonyl (C=O) groups excluding carboxylic acids is 1. The van der Waals surface area contributed by atoms with E-state index < -0.39 is 23.5 Å². The first-order valence-electron chi connectivity index (χ1n) is 3.09. The van der Waals surface area contributed by atoms with Crippen LogP contribution >= 0.6 is 11.9 Å². The van der Waals surface area contributed by atoms with Gasteiger partial charge in [-0.3, -0.25) is 0 Å². The molecule has 1 aromatic carbocycles. The van der Waals surface area contributed by atoms with Crippen molar-refractivity contribution in [2.75, 3.05) is 0 Å². The molecule has 0 bridgehead atoms. The van der Waals surface area contributed by atoms with E-state index in [4.69, 9.17) is 0 Å². The Balaban J connectivity index is 2.83. The van der Waals surface area contributed by atoms with Crippen LogP contribution in [-0.2, 0) is 4.29 Å². The first kappa shape index (κ1) is 9.73. The van der Waals surface area contributed by atoms with Crippen molar-refractivity contribution in [2.45, 2.75) is 0 Å². The Bertz CT molecular complexity index is 330. The fraction of sp³-hybridized carbons (Fsp3) is 0. The third-order valence-corrected chi connectivity index (χ3v) is 1.28. The minimum Gasteiger partial charge on any atom is -0.391 e. The van der Waals surface area contributed by atoms with Crippen molar-refractivity contribution in [3.8, 4) is 5.75 Å². The monoisotopic (exact) mass is 208 g/mol. The van der Waals surface area contributed by atoms with Gasteiger partial charge >= 0.3 is 6.16 Å². The Labute approximate surface area is 77.0 Å². The molecule has 0 aliphatic heterocycles. The molecule has 0 N–H and O–H groups in total. The standard InChI is InChI=1S/C7H3ClF2O3/c8-13-7(11)12-6-2-1-4(9)3-5(6)10/h1-3H. The molecule has 0 saturated carbocycles. The number of benzene rings is 1. The minimum absolute atomic E-state index is 0.452. The lowest BCUT2D eigenvalue weighted by atomic mass is 10.3. The average molecular weight is 209 g/mol. The van der Waals surface area contributed by atoms with E-state index in [9.17, 15) is 13.6 Å². The van der Waals surface area contributed by atoms with E-state index in [2.05, 4.69) is 20.9 Å². The lowest BCUT2D eigenvalue weighted by Crippen LogP contribution is -2.06. The average Bonchev–Trinajstić information content (AvgIpc) is 2.09. The highest BCUT2D eigenvalue weighted by molar-refractivity contribution is 6.12. The third-order valence-electron chi connectivity index (χ3n) is 1.15. The second kappa shape index (κ2) is 4.04. The molecule has 0 aliphatic rings. The van der Waals surface area contributed by atoms with Gasteiger partial charge in [-0.1, -0.05) is 0 Å². The Kier molecular flexibility index (Phi) is 3.02. The van der Waals surface area contributed by atoms with Gasteiger partial charge < -0.3 is 9.03 Å². The van der Waals surface area contributed by atoms with E-state index in [0.717, 1.165) is 12.1 Å². The molecule has 1 aromatic rings. The maximum Gasteiger partial charge on any atom is 0.532 e. The zero-order valence-electron chi connectivity index (χ0n) is 6.09. The topological polar surface area (TPSA) is 35.5 Å². The second-order valence-corrected chi connectivity index (χ2v) is 2.16. The van der Waals surface area contributed by atoms with E-state index in [0.29, 0.717) is 6.07 Å². The van der Waals surface area contributed by atoms with Crippen molar-refractivity contribution in [2.24, 2.45) is 0 Å². The summed E-state index contributed by atoms with van der Waals surface area (Å²) in [5.74, 6) is -2.24. The van der Waals surface area contributed by atoms with E-state index in [1.54, 1.807) is 0 Å². The van der Waals surface area contributed by atoms with Crippen LogP contribution in [0.15, 0.2) is 18.2 Å². The van der Waals surface area contributed by atoms with E-state index >= 15 is 0 Å². The molecular weight excluding hydrogens is 206 g/mol. The molecule has 0 aliphatic carbocycles. The van der Waals surface area contributed by atoms with Gasteiger partial charge in [-0.25, -0.2) is 13.6 Å². The summed E-state index contributed by atoms with van der Waals surface area (Å²) in [5, 5.41) is 0. The van der Waals surface area contributed by atoms with Gasteiger partial charge in [0.1, 0.15) is 17.7 Å². The van der Waals surface area contributed by atoms with Crippen LogP contribution in [0.1, 0.15) is 0 Å². The lowest BCUT2D eigenvalue weighted by molar-refractivity contribution is 0.154. The van der Waals surface area contributed by atoms with Gasteiger partial charge in [0.05, 0.1) is 0 Å². The maximum atomic E-state index is 12.7. The van der Waals surface area contributed by atoms with Gasteiger partial charge in [0, 0.05) is 6.07 Å². The van der Waals surface area contributed by atoms with Gasteiger partial charge in [0.15, 0.2) is 11.6 Å². The van der Waals surface area contributed by atoms with Crippen molar-refractivity contribution in [1.82, 2.24) is 0 Å². The SMILES string of the molecule is O=C(OCl)Oc1ccc(F)cc1F. The summed E-state index contributed by atoms with van der Waals surface area (Å²) in [6.07, 6.45) is -1.29. The molecule has 0 saturated heterocycles. The predicted molar refractivity (Wildman–Crippen MR) is 39.3 cm³/mol. The molecule has 0 radical (unpaired) electrons. The van der Waals surface area contributed by atoms with Crippen LogP contribution in [0.4, 0.5) is 13.6 Å². The van der Waals surface area contributed by atoms with Gasteiger partial charge in [0.2, 0.25) is 0 Å². The van der Waals surface area contributed by atoms with Crippen LogP contribution < -0.4 is 4.74 Å². The van der Waals surface area contributed by atoms with E-state index in [-0.39, 0.29) is 0 Å². The van der Waals surface area contributed by atoms with Crippen LogP contribution in [0.5, 0.6) is 5.75 Å². The van der Waals surface area contributed by atoms with Gasteiger partial charge in [-0.05, 0) is 12.1 Å². The van der Waals surface area contributed by atoms with Crippen molar-refractivity contribution in [3.05, 3.63) is 29.8 Å². The summed E-state index contributed by atoms with van der Waals surface area (Å²) in [5.41, 5.74) is 0. The summed E-state index contributed by atoms with van der Waals surface area (Å²) in [6.45, 7) is 0. The van der Waals surface area contributed by atoms with Crippen LogP contribution in [0.3, 0.4) is 0 Å². The number of hydrogen-bond acceptors (Lipinski definition) is 3. The Morgan fingerprint density at radius 3 is 2.62 bits per heavy atom. The molecule has 0 fully saturated rings. The van der Waals surface area contributed by atoms with Crippen molar-refractivity contribution < 1.29 is 22.6 Å². The van der Waals surface area contributed by atoms with Crippen molar-refractivity contribution in [1.29, 1.82) is 0 Å². The molecule has 0 aromatic heterocycles. The third kappa shape index (κ3) is 2.55. The molecular formula is C7H3ClF2O3. The molecule has 70 valence electrons. The summed E-state index contributed by atoms with van der Waals surface area (Å²) in [6, 6.07) is 2.44. The number of halogens is 3. The highest BCUT2D eigenvalue weighted by atomic mass is 35.5. The quantitative estimate of drug-likeness (QED) is 0.526. The molecule has 0 amide bonds. The number of ether oxygens (including phenoxy) is 1. The molecule has 3 nitrogen and oxygen atoms in total. The Morgan fingerprint density at radius 1 is 1.38 bits per heavy atom. The molecule has 0 atom stereocenters. The summed E-state index contributed by atoms with van der Waals surface area (Å²) in [7, 11) is 0. The molecule has 13 heavy (non-hydrogen) atoms. The summed E-state index contributed by atoms with van der Waals surface area (Å²) >= 11 is 4.61. The summed E-state index contributed by atoms with van der Waals surface area (Å²) < 4.78 is 32.9. The molecule has 0 unspecified atom stereocenters. The lowest BCUT2D eigenvalue weighted by Gasteiger charge is -2.01. The van der Waals surface area contributed by atoms with Crippen LogP contribution in [0.25, 0.3) is 0 Å². The zero-order chi connectivity index (χ0) is 9.84. The van der Waals surface area contributed by atoms with Crippen LogP contribution in [0, 0.1) is 11.6 Å². The number of hydrogen-bond donors (Lipinski definition) is 0. The highest BCUT2D eigenvalue weighted by Crippen LogP contribution is 2.18. The normalized spacial score (nSPS) is 9.46. The Hall–Kier alpha value is -1.36. The van der Waals surface area contributed by atoms with Gasteiger partial charge in [-0.15, -0.1) is 0 Å². The number of rotatable bonds is 1. The fourth-order valence-corrected chi connectivity index (χ4v) is 0.695.